The summed E-state index contributed by atoms with van der Waals surface area (Å²) in [5, 5.41) is 0. The van der Waals surface area contributed by atoms with E-state index in [2.05, 4.69) is 4.40 Å². The zero-order chi connectivity index (χ0) is 15.7. The number of carbonyl (C=O) groups is 1. The van der Waals surface area contributed by atoms with Crippen LogP contribution in [0.3, 0.4) is 0 Å². The van der Waals surface area contributed by atoms with E-state index in [-0.39, 0.29) is 17.3 Å². The van der Waals surface area contributed by atoms with E-state index < -0.39 is 10.0 Å². The van der Waals surface area contributed by atoms with Crippen molar-refractivity contribution in [2.45, 2.75) is 24.7 Å². The Morgan fingerprint density at radius 2 is 2.00 bits per heavy atom. The monoisotopic (exact) mass is 321 g/mol. The van der Waals surface area contributed by atoms with Gasteiger partial charge in [0.2, 0.25) is 5.91 Å². The number of amides is 1. The van der Waals surface area contributed by atoms with E-state index in [0.29, 0.717) is 24.5 Å². The molecular formula is C15H19N3O3S. The average molecular weight is 321 g/mol. The van der Waals surface area contributed by atoms with Crippen molar-refractivity contribution in [3.8, 4) is 0 Å². The van der Waals surface area contributed by atoms with Crippen LogP contribution in [0.1, 0.15) is 25.3 Å². The van der Waals surface area contributed by atoms with Crippen LogP contribution in [0.15, 0.2) is 33.6 Å². The number of rotatable bonds is 2. The molecule has 0 aromatic heterocycles. The summed E-state index contributed by atoms with van der Waals surface area (Å²) in [7, 11) is -3.64. The molecule has 1 amide bonds. The number of fused-ring (bicyclic) bond motifs is 1. The molecule has 0 N–H and O–H groups in total. The Morgan fingerprint density at radius 3 is 2.77 bits per heavy atom. The van der Waals surface area contributed by atoms with E-state index in [4.69, 9.17) is 0 Å². The Labute approximate surface area is 130 Å². The van der Waals surface area contributed by atoms with E-state index in [0.717, 1.165) is 19.4 Å². The van der Waals surface area contributed by atoms with Crippen LogP contribution >= 0.6 is 0 Å². The lowest BCUT2D eigenvalue weighted by Gasteiger charge is -2.22. The smallest absolute Gasteiger partial charge is 0.285 e. The molecule has 0 unspecified atom stereocenters. The summed E-state index contributed by atoms with van der Waals surface area (Å²) < 4.78 is 28.2. The lowest BCUT2D eigenvalue weighted by atomic mass is 10.2. The molecule has 1 saturated heterocycles. The second-order valence-electron chi connectivity index (χ2n) is 5.54. The van der Waals surface area contributed by atoms with Crippen LogP contribution < -0.4 is 0 Å². The summed E-state index contributed by atoms with van der Waals surface area (Å²) in [6, 6.07) is 6.78. The van der Waals surface area contributed by atoms with Gasteiger partial charge >= 0.3 is 0 Å². The molecule has 0 radical (unpaired) electrons. The number of benzene rings is 1. The molecule has 0 spiro atoms. The molecule has 7 heteroatoms. The van der Waals surface area contributed by atoms with E-state index in [1.165, 1.54) is 0 Å². The minimum Gasteiger partial charge on any atom is -0.346 e. The first kappa shape index (κ1) is 15.0. The lowest BCUT2D eigenvalue weighted by Crippen LogP contribution is -2.39. The molecule has 118 valence electrons. The normalized spacial score (nSPS) is 20.6. The molecule has 1 aromatic carbocycles. The first-order valence-electron chi connectivity index (χ1n) is 7.50. The highest BCUT2D eigenvalue weighted by molar-refractivity contribution is 7.90. The Morgan fingerprint density at radius 1 is 1.23 bits per heavy atom. The van der Waals surface area contributed by atoms with E-state index in [1.807, 2.05) is 11.8 Å². The molecule has 1 aromatic rings. The number of amidine groups is 1. The van der Waals surface area contributed by atoms with E-state index >= 15 is 0 Å². The number of hydrogen-bond donors (Lipinski definition) is 0. The fraction of sp³-hybridized carbons (Fsp3) is 0.467. The number of carbonyl (C=O) groups excluding carboxylic acids is 1. The van der Waals surface area contributed by atoms with Crippen LogP contribution in [-0.4, -0.2) is 56.1 Å². The maximum Gasteiger partial charge on any atom is 0.285 e. The largest absolute Gasteiger partial charge is 0.346 e. The molecule has 1 fully saturated rings. The van der Waals surface area contributed by atoms with Crippen molar-refractivity contribution in [1.82, 2.24) is 9.80 Å². The Hall–Kier alpha value is -1.89. The summed E-state index contributed by atoms with van der Waals surface area (Å²) >= 11 is 0. The second-order valence-corrected chi connectivity index (χ2v) is 7.11. The zero-order valence-corrected chi connectivity index (χ0v) is 13.3. The highest BCUT2D eigenvalue weighted by Gasteiger charge is 2.33. The standard InChI is InChI=1S/C15H19N3O3S/c1-2-8-17-9-5-10-18(11-14(17)19)15-12-6-3-4-7-13(12)22(20,21)16-15/h3-4,6-7H,2,5,8-11H2,1H3. The SMILES string of the molecule is CCCN1CCCN(C2=NS(=O)(=O)c3ccccc32)CC1=O. The summed E-state index contributed by atoms with van der Waals surface area (Å²) in [6.45, 7) is 4.32. The Bertz CT molecular complexity index is 727. The molecule has 2 aliphatic rings. The van der Waals surface area contributed by atoms with Gasteiger partial charge in [0.15, 0.2) is 5.84 Å². The summed E-state index contributed by atoms with van der Waals surface area (Å²) in [5.41, 5.74) is 0.597. The molecule has 3 rings (SSSR count). The van der Waals surface area contributed by atoms with Crippen LogP contribution in [0.25, 0.3) is 0 Å². The fourth-order valence-corrected chi connectivity index (χ4v) is 4.15. The third kappa shape index (κ3) is 2.61. The van der Waals surface area contributed by atoms with Gasteiger partial charge in [-0.05, 0) is 25.0 Å². The minimum atomic E-state index is -3.64. The first-order chi connectivity index (χ1) is 10.5. The molecule has 22 heavy (non-hydrogen) atoms. The van der Waals surface area contributed by atoms with Gasteiger partial charge in [-0.1, -0.05) is 19.1 Å². The molecule has 0 bridgehead atoms. The van der Waals surface area contributed by atoms with Crippen LogP contribution in [0, 0.1) is 0 Å². The van der Waals surface area contributed by atoms with Gasteiger partial charge in [0.1, 0.15) is 4.90 Å². The van der Waals surface area contributed by atoms with Crippen molar-refractivity contribution in [1.29, 1.82) is 0 Å². The summed E-state index contributed by atoms with van der Waals surface area (Å²) in [6.07, 6.45) is 1.73. The van der Waals surface area contributed by atoms with Gasteiger partial charge in [0.05, 0.1) is 6.54 Å². The third-order valence-corrected chi connectivity index (χ3v) is 5.27. The molecule has 6 nitrogen and oxygen atoms in total. The summed E-state index contributed by atoms with van der Waals surface area (Å²) in [4.78, 5) is 16.2. The van der Waals surface area contributed by atoms with Crippen molar-refractivity contribution < 1.29 is 13.2 Å². The van der Waals surface area contributed by atoms with Crippen molar-refractivity contribution in [2.24, 2.45) is 4.40 Å². The predicted octanol–water partition coefficient (Wildman–Crippen LogP) is 1.08. The molecule has 0 saturated carbocycles. The van der Waals surface area contributed by atoms with Gasteiger partial charge in [-0.2, -0.15) is 8.42 Å². The van der Waals surface area contributed by atoms with Crippen LogP contribution in [0.5, 0.6) is 0 Å². The van der Waals surface area contributed by atoms with Gasteiger partial charge in [0.25, 0.3) is 10.0 Å². The van der Waals surface area contributed by atoms with Gasteiger partial charge in [-0.3, -0.25) is 4.79 Å². The molecule has 0 atom stereocenters. The predicted molar refractivity (Wildman–Crippen MR) is 83.2 cm³/mol. The Balaban J connectivity index is 1.91. The van der Waals surface area contributed by atoms with Crippen LogP contribution in [-0.2, 0) is 14.8 Å². The number of nitrogens with zero attached hydrogens (tertiary/aromatic N) is 3. The fourth-order valence-electron chi connectivity index (χ4n) is 2.92. The van der Waals surface area contributed by atoms with Gasteiger partial charge in [0, 0.05) is 25.2 Å². The van der Waals surface area contributed by atoms with Gasteiger partial charge in [-0.15, -0.1) is 4.40 Å². The van der Waals surface area contributed by atoms with Crippen molar-refractivity contribution in [2.75, 3.05) is 26.2 Å². The van der Waals surface area contributed by atoms with Crippen LogP contribution in [0.4, 0.5) is 0 Å². The van der Waals surface area contributed by atoms with E-state index in [1.54, 1.807) is 29.2 Å². The third-order valence-electron chi connectivity index (χ3n) is 3.94. The van der Waals surface area contributed by atoms with Gasteiger partial charge < -0.3 is 9.80 Å². The van der Waals surface area contributed by atoms with Crippen LogP contribution in [0.2, 0.25) is 0 Å². The maximum atomic E-state index is 12.3. The summed E-state index contributed by atoms with van der Waals surface area (Å²) in [5.74, 6) is 0.436. The van der Waals surface area contributed by atoms with Crippen molar-refractivity contribution in [3.05, 3.63) is 29.8 Å². The zero-order valence-electron chi connectivity index (χ0n) is 12.5. The number of hydrogen-bond acceptors (Lipinski definition) is 4. The molecular weight excluding hydrogens is 302 g/mol. The molecule has 2 heterocycles. The Kier molecular flexibility index (Phi) is 3.90. The lowest BCUT2D eigenvalue weighted by molar-refractivity contribution is -0.130. The number of sulfonamides is 1. The first-order valence-corrected chi connectivity index (χ1v) is 8.94. The average Bonchev–Trinajstić information content (AvgIpc) is 2.64. The minimum absolute atomic E-state index is 0.0313. The second kappa shape index (κ2) is 5.72. The maximum absolute atomic E-state index is 12.3. The van der Waals surface area contributed by atoms with Crippen molar-refractivity contribution >= 4 is 21.8 Å². The molecule has 0 aliphatic carbocycles. The van der Waals surface area contributed by atoms with Crippen molar-refractivity contribution in [3.63, 3.8) is 0 Å². The topological polar surface area (TPSA) is 70.0 Å². The highest BCUT2D eigenvalue weighted by atomic mass is 32.2. The molecule has 2 aliphatic heterocycles. The van der Waals surface area contributed by atoms with Gasteiger partial charge in [-0.25, -0.2) is 0 Å². The quantitative estimate of drug-likeness (QED) is 0.817. The highest BCUT2D eigenvalue weighted by Crippen LogP contribution is 2.27. The van der Waals surface area contributed by atoms with E-state index in [9.17, 15) is 13.2 Å².